The zero-order valence-corrected chi connectivity index (χ0v) is 15.1. The first-order chi connectivity index (χ1) is 11.8. The Morgan fingerprint density at radius 1 is 1.20 bits per heavy atom. The first kappa shape index (κ1) is 19.5. The van der Waals surface area contributed by atoms with Gasteiger partial charge in [-0.05, 0) is 13.8 Å². The topological polar surface area (TPSA) is 95.8 Å². The molecule has 0 aromatic carbocycles. The minimum absolute atomic E-state index is 0.00699. The molecule has 4 rings (SSSR count). The van der Waals surface area contributed by atoms with Gasteiger partial charge >= 0.3 is 0 Å². The number of aliphatic hydroxyl groups is 2. The Morgan fingerprint density at radius 2 is 1.92 bits per heavy atom. The van der Waals surface area contributed by atoms with Crippen molar-refractivity contribution in [3.63, 3.8) is 0 Å². The summed E-state index contributed by atoms with van der Waals surface area (Å²) in [5, 5.41) is 18.4. The third kappa shape index (κ3) is 2.85. The summed E-state index contributed by atoms with van der Waals surface area (Å²) in [7, 11) is 8.83. The van der Waals surface area contributed by atoms with Crippen molar-refractivity contribution in [2.24, 2.45) is 0 Å². The van der Waals surface area contributed by atoms with E-state index in [0.717, 1.165) is 0 Å². The van der Waals surface area contributed by atoms with Crippen LogP contribution in [0.15, 0.2) is 0 Å². The number of hydrogen-bond acceptors (Lipinski definition) is 8. The van der Waals surface area contributed by atoms with Crippen LogP contribution in [-0.2, 0) is 28.4 Å². The number of aliphatic hydroxyl groups excluding tert-OH is 2. The Morgan fingerprint density at radius 3 is 2.36 bits per heavy atom. The van der Waals surface area contributed by atoms with Gasteiger partial charge in [0.1, 0.15) is 43.5 Å². The second kappa shape index (κ2) is 7.05. The molecule has 0 spiro atoms. The van der Waals surface area contributed by atoms with Crippen molar-refractivity contribution >= 4 is 7.85 Å². The fourth-order valence-corrected chi connectivity index (χ4v) is 4.26. The van der Waals surface area contributed by atoms with Crippen LogP contribution in [0, 0.1) is 0 Å². The maximum atomic E-state index is 9.46. The van der Waals surface area contributed by atoms with Gasteiger partial charge in [-0.25, -0.2) is 0 Å². The molecule has 0 saturated carbocycles. The van der Waals surface area contributed by atoms with Crippen molar-refractivity contribution in [3.05, 3.63) is 0 Å². The van der Waals surface area contributed by atoms with Gasteiger partial charge in [-0.3, -0.25) is 0 Å². The van der Waals surface area contributed by atoms with Crippen LogP contribution in [0.3, 0.4) is 0 Å². The fraction of sp³-hybridized carbons (Fsp3) is 1.00. The number of ether oxygens (including phenoxy) is 6. The third-order valence-corrected chi connectivity index (χ3v) is 5.65. The number of rotatable bonds is 4. The van der Waals surface area contributed by atoms with Gasteiger partial charge in [-0.15, -0.1) is 0 Å². The van der Waals surface area contributed by atoms with E-state index in [4.69, 9.17) is 41.4 Å². The highest BCUT2D eigenvalue weighted by Crippen LogP contribution is 2.45. The van der Waals surface area contributed by atoms with Crippen molar-refractivity contribution in [1.29, 1.82) is 0 Å². The maximum absolute atomic E-state index is 9.46. The molecule has 4 saturated heterocycles. The molecule has 142 valence electrons. The van der Waals surface area contributed by atoms with Crippen LogP contribution in [0.5, 0.6) is 0 Å². The molecule has 4 fully saturated rings. The zero-order valence-electron chi connectivity index (χ0n) is 15.1. The predicted octanol–water partition coefficient (Wildman–Crippen LogP) is -1.41. The minimum Gasteiger partial charge on any atom is -0.393 e. The Kier molecular flexibility index (Phi) is 5.50. The Labute approximate surface area is 149 Å². The van der Waals surface area contributed by atoms with Crippen molar-refractivity contribution in [2.45, 2.75) is 67.7 Å². The van der Waals surface area contributed by atoms with E-state index in [9.17, 15) is 5.11 Å². The van der Waals surface area contributed by atoms with Gasteiger partial charge in [0.05, 0.1) is 32.0 Å². The number of fused-ring (bicyclic) bond motifs is 4. The Bertz CT molecular complexity index is 481. The molecule has 2 unspecified atom stereocenters. The zero-order chi connectivity index (χ0) is 18.4. The van der Waals surface area contributed by atoms with Gasteiger partial charge in [0.15, 0.2) is 0 Å². The number of methoxy groups -OCH3 is 2. The summed E-state index contributed by atoms with van der Waals surface area (Å²) < 4.78 is 32.7. The van der Waals surface area contributed by atoms with E-state index in [1.54, 1.807) is 14.2 Å². The van der Waals surface area contributed by atoms with E-state index in [-0.39, 0.29) is 37.6 Å². The van der Waals surface area contributed by atoms with Crippen LogP contribution in [0.2, 0.25) is 0 Å². The van der Waals surface area contributed by atoms with E-state index < -0.39 is 29.4 Å². The van der Waals surface area contributed by atoms with Gasteiger partial charge in [-0.2, -0.15) is 0 Å². The Hall–Kier alpha value is -0.255. The van der Waals surface area contributed by atoms with Crippen LogP contribution >= 0.6 is 0 Å². The SMILES string of the molecule is COC[C@]12O[C@@H](C)[C@H](OC1C)[C@@H]2OC.[B][C@@H]1O[C@@]2(CO)COC1[C@H]2O. The maximum Gasteiger partial charge on any atom is 0.146 e. The van der Waals surface area contributed by atoms with Crippen molar-refractivity contribution in [2.75, 3.05) is 34.0 Å². The van der Waals surface area contributed by atoms with E-state index in [1.165, 1.54) is 0 Å². The van der Waals surface area contributed by atoms with Crippen molar-refractivity contribution < 1.29 is 38.6 Å². The van der Waals surface area contributed by atoms with Gasteiger partial charge in [0, 0.05) is 20.2 Å². The summed E-state index contributed by atoms with van der Waals surface area (Å²) >= 11 is 0. The molecule has 4 heterocycles. The molecule has 9 heteroatoms. The summed E-state index contributed by atoms with van der Waals surface area (Å²) in [6, 6.07) is -0.606. The molecule has 9 atom stereocenters. The molecule has 4 aliphatic heterocycles. The Balaban J connectivity index is 0.000000150. The lowest BCUT2D eigenvalue weighted by Gasteiger charge is -2.34. The second-order valence-corrected chi connectivity index (χ2v) is 7.14. The summed E-state index contributed by atoms with van der Waals surface area (Å²) in [6.07, 6.45) is -1.10. The highest BCUT2D eigenvalue weighted by Gasteiger charge is 2.64. The molecule has 0 aliphatic carbocycles. The van der Waals surface area contributed by atoms with E-state index in [2.05, 4.69) is 0 Å². The van der Waals surface area contributed by atoms with Gasteiger partial charge < -0.3 is 38.6 Å². The quantitative estimate of drug-likeness (QED) is 0.593. The average Bonchev–Trinajstić information content (AvgIpc) is 3.21. The highest BCUT2D eigenvalue weighted by atomic mass is 16.7. The lowest BCUT2D eigenvalue weighted by atomic mass is 9.92. The first-order valence-electron chi connectivity index (χ1n) is 8.54. The fourth-order valence-electron chi connectivity index (χ4n) is 4.26. The normalized spacial score (nSPS) is 53.1. The summed E-state index contributed by atoms with van der Waals surface area (Å²) in [5.41, 5.74) is -1.36. The molecule has 2 N–H and O–H groups in total. The molecular weight excluding hydrogens is 331 g/mol. The van der Waals surface area contributed by atoms with Gasteiger partial charge in [-0.1, -0.05) is 0 Å². The summed E-state index contributed by atoms with van der Waals surface area (Å²) in [4.78, 5) is 0. The van der Waals surface area contributed by atoms with Crippen LogP contribution in [0.25, 0.3) is 0 Å². The summed E-state index contributed by atoms with van der Waals surface area (Å²) in [6.45, 7) is 4.52. The third-order valence-electron chi connectivity index (χ3n) is 5.65. The monoisotopic (exact) mass is 358 g/mol. The van der Waals surface area contributed by atoms with E-state index in [1.807, 2.05) is 13.8 Å². The van der Waals surface area contributed by atoms with E-state index in [0.29, 0.717) is 6.61 Å². The standard InChI is InChI=1S/C10H18O4.C6H9BO4/c1-6-8-9(12-4)10(14-6,5-11-3)7(2)13-8;7-5-3-4(9)6(1-8,11-5)2-10-3/h6-9H,5H2,1-4H3;3-5,8-9H,1-2H2/t6-,7?,8-,9-,10-;3?,4-,5-,6+/m01/s1. The van der Waals surface area contributed by atoms with Gasteiger partial charge in [0.25, 0.3) is 0 Å². The highest BCUT2D eigenvalue weighted by molar-refractivity contribution is 6.11. The molecule has 4 bridgehead atoms. The lowest BCUT2D eigenvalue weighted by Crippen LogP contribution is -2.50. The van der Waals surface area contributed by atoms with Crippen LogP contribution in [0.4, 0.5) is 0 Å². The van der Waals surface area contributed by atoms with Gasteiger partial charge in [0.2, 0.25) is 0 Å². The molecule has 25 heavy (non-hydrogen) atoms. The van der Waals surface area contributed by atoms with Crippen LogP contribution in [0.1, 0.15) is 13.8 Å². The smallest absolute Gasteiger partial charge is 0.146 e. The average molecular weight is 358 g/mol. The van der Waals surface area contributed by atoms with Crippen LogP contribution < -0.4 is 0 Å². The van der Waals surface area contributed by atoms with Crippen LogP contribution in [-0.4, -0.2) is 106 Å². The number of hydrogen-bond donors (Lipinski definition) is 2. The molecule has 0 aromatic rings. The lowest BCUT2D eigenvalue weighted by molar-refractivity contribution is -0.194. The molecule has 0 aromatic heterocycles. The van der Waals surface area contributed by atoms with Crippen molar-refractivity contribution in [1.82, 2.24) is 0 Å². The molecule has 2 radical (unpaired) electrons. The molecule has 8 nitrogen and oxygen atoms in total. The largest absolute Gasteiger partial charge is 0.393 e. The predicted molar refractivity (Wildman–Crippen MR) is 86.5 cm³/mol. The molecule has 4 aliphatic rings. The summed E-state index contributed by atoms with van der Waals surface area (Å²) in [5.74, 6) is 0. The van der Waals surface area contributed by atoms with E-state index >= 15 is 0 Å². The molecular formula is C16H27BO8. The molecule has 0 amide bonds. The van der Waals surface area contributed by atoms with Crippen molar-refractivity contribution in [3.8, 4) is 0 Å². The minimum atomic E-state index is -0.954. The first-order valence-corrected chi connectivity index (χ1v) is 8.54. The second-order valence-electron chi connectivity index (χ2n) is 7.14.